The molecule has 0 spiro atoms. The molecule has 160 valence electrons. The van der Waals surface area contributed by atoms with Crippen molar-refractivity contribution in [3.8, 4) is 0 Å². The quantitative estimate of drug-likeness (QED) is 0.546. The first-order chi connectivity index (χ1) is 14.4. The number of ether oxygens (including phenoxy) is 1. The molecule has 3 rings (SSSR count). The Hall–Kier alpha value is -2.59. The van der Waals surface area contributed by atoms with Crippen LogP contribution in [0.3, 0.4) is 0 Å². The van der Waals surface area contributed by atoms with Crippen molar-refractivity contribution in [2.24, 2.45) is 0 Å². The van der Waals surface area contributed by atoms with Crippen LogP contribution in [0.5, 0.6) is 0 Å². The van der Waals surface area contributed by atoms with Gasteiger partial charge < -0.3 is 15.2 Å². The Morgan fingerprint density at radius 3 is 2.47 bits per heavy atom. The number of hydrogen-bond acceptors (Lipinski definition) is 5. The minimum absolute atomic E-state index is 0.0421. The number of nitrogens with one attached hydrogen (secondary N) is 2. The summed E-state index contributed by atoms with van der Waals surface area (Å²) in [4.78, 5) is 12.3. The molecule has 0 unspecified atom stereocenters. The smallest absolute Gasteiger partial charge is 0.241 e. The summed E-state index contributed by atoms with van der Waals surface area (Å²) in [7, 11) is -3.79. The number of amides is 1. The lowest BCUT2D eigenvalue weighted by atomic mass is 10.1. The predicted octanol–water partition coefficient (Wildman–Crippen LogP) is 1.49. The molecule has 0 aliphatic carbocycles. The predicted molar refractivity (Wildman–Crippen MR) is 108 cm³/mol. The normalized spacial score (nSPS) is 21.3. The van der Waals surface area contributed by atoms with Gasteiger partial charge in [-0.2, -0.15) is 0 Å². The first-order valence-corrected chi connectivity index (χ1v) is 10.9. The number of sulfonamides is 1. The van der Waals surface area contributed by atoms with Crippen molar-refractivity contribution >= 4 is 15.9 Å². The summed E-state index contributed by atoms with van der Waals surface area (Å²) in [6.45, 7) is -0.384. The van der Waals surface area contributed by atoms with E-state index in [9.17, 15) is 22.7 Å². The molecular weight excluding hydrogens is 411 g/mol. The van der Waals surface area contributed by atoms with Crippen LogP contribution >= 0.6 is 0 Å². The second-order valence-corrected chi connectivity index (χ2v) is 8.53. The summed E-state index contributed by atoms with van der Waals surface area (Å²) >= 11 is 0. The Kier molecular flexibility index (Phi) is 7.33. The highest BCUT2D eigenvalue weighted by atomic mass is 32.2. The SMILES string of the molecule is O=C(C[C@@H]1C=C[C@H](NS(=O)(=O)c2ccccc2)[C@@H](CO)O1)NCc1ccccc1F. The van der Waals surface area contributed by atoms with Crippen molar-refractivity contribution in [2.45, 2.75) is 36.1 Å². The van der Waals surface area contributed by atoms with E-state index in [2.05, 4.69) is 10.0 Å². The maximum absolute atomic E-state index is 13.6. The van der Waals surface area contributed by atoms with Gasteiger partial charge in [-0.15, -0.1) is 0 Å². The highest BCUT2D eigenvalue weighted by Crippen LogP contribution is 2.18. The maximum Gasteiger partial charge on any atom is 0.241 e. The molecule has 1 aliphatic heterocycles. The summed E-state index contributed by atoms with van der Waals surface area (Å²) in [5.41, 5.74) is 0.370. The van der Waals surface area contributed by atoms with Gasteiger partial charge in [0.2, 0.25) is 15.9 Å². The van der Waals surface area contributed by atoms with E-state index in [1.807, 2.05) is 0 Å². The molecule has 2 aromatic carbocycles. The van der Waals surface area contributed by atoms with Crippen LogP contribution in [0.25, 0.3) is 0 Å². The number of halogens is 1. The van der Waals surface area contributed by atoms with Crippen molar-refractivity contribution in [2.75, 3.05) is 6.61 Å². The number of carbonyl (C=O) groups is 1. The second-order valence-electron chi connectivity index (χ2n) is 6.81. The molecule has 3 N–H and O–H groups in total. The van der Waals surface area contributed by atoms with Crippen molar-refractivity contribution in [3.63, 3.8) is 0 Å². The Balaban J connectivity index is 1.58. The molecule has 1 amide bonds. The molecule has 30 heavy (non-hydrogen) atoms. The van der Waals surface area contributed by atoms with Gasteiger partial charge in [0, 0.05) is 12.1 Å². The van der Waals surface area contributed by atoms with Crippen LogP contribution in [0.1, 0.15) is 12.0 Å². The Bertz CT molecular complexity index is 997. The van der Waals surface area contributed by atoms with E-state index in [0.29, 0.717) is 5.56 Å². The van der Waals surface area contributed by atoms with Gasteiger partial charge in [-0.25, -0.2) is 17.5 Å². The monoisotopic (exact) mass is 434 g/mol. The Labute approximate surface area is 174 Å². The number of carbonyl (C=O) groups excluding carboxylic acids is 1. The molecule has 0 radical (unpaired) electrons. The fourth-order valence-electron chi connectivity index (χ4n) is 3.05. The molecule has 1 heterocycles. The van der Waals surface area contributed by atoms with E-state index in [-0.39, 0.29) is 23.8 Å². The zero-order valence-electron chi connectivity index (χ0n) is 16.1. The van der Waals surface area contributed by atoms with Gasteiger partial charge in [0.25, 0.3) is 0 Å². The van der Waals surface area contributed by atoms with Crippen LogP contribution in [-0.4, -0.2) is 44.3 Å². The van der Waals surface area contributed by atoms with Crippen molar-refractivity contribution in [1.82, 2.24) is 10.0 Å². The number of aliphatic hydroxyl groups excluding tert-OH is 1. The third-order valence-electron chi connectivity index (χ3n) is 4.63. The van der Waals surface area contributed by atoms with E-state index in [4.69, 9.17) is 4.74 Å². The number of aliphatic hydroxyl groups is 1. The van der Waals surface area contributed by atoms with E-state index >= 15 is 0 Å². The summed E-state index contributed by atoms with van der Waals surface area (Å²) in [6.07, 6.45) is 1.62. The number of rotatable bonds is 8. The Morgan fingerprint density at radius 1 is 1.07 bits per heavy atom. The third-order valence-corrected chi connectivity index (χ3v) is 6.10. The molecular formula is C21H23FN2O5S. The maximum atomic E-state index is 13.6. The van der Waals surface area contributed by atoms with Crippen LogP contribution in [0, 0.1) is 5.82 Å². The molecule has 7 nitrogen and oxygen atoms in total. The fourth-order valence-corrected chi connectivity index (χ4v) is 4.29. The van der Waals surface area contributed by atoms with E-state index in [1.165, 1.54) is 18.2 Å². The lowest BCUT2D eigenvalue weighted by Gasteiger charge is -2.31. The minimum Gasteiger partial charge on any atom is -0.394 e. The van der Waals surface area contributed by atoms with Crippen molar-refractivity contribution in [3.05, 3.63) is 78.1 Å². The molecule has 0 bridgehead atoms. The lowest BCUT2D eigenvalue weighted by Crippen LogP contribution is -2.49. The van der Waals surface area contributed by atoms with Gasteiger partial charge in [-0.1, -0.05) is 48.6 Å². The van der Waals surface area contributed by atoms with Crippen LogP contribution in [0.4, 0.5) is 4.39 Å². The molecule has 9 heteroatoms. The van der Waals surface area contributed by atoms with Crippen LogP contribution in [0.2, 0.25) is 0 Å². The summed E-state index contributed by atoms with van der Waals surface area (Å²) < 4.78 is 46.8. The molecule has 2 aromatic rings. The van der Waals surface area contributed by atoms with Crippen LogP contribution in [0.15, 0.2) is 71.6 Å². The molecule has 0 saturated carbocycles. The van der Waals surface area contributed by atoms with Crippen molar-refractivity contribution in [1.29, 1.82) is 0 Å². The highest BCUT2D eigenvalue weighted by molar-refractivity contribution is 7.89. The molecule has 0 fully saturated rings. The van der Waals surface area contributed by atoms with E-state index < -0.39 is 40.7 Å². The van der Waals surface area contributed by atoms with Gasteiger partial charge in [-0.3, -0.25) is 4.79 Å². The van der Waals surface area contributed by atoms with Crippen LogP contribution in [-0.2, 0) is 26.1 Å². The molecule has 3 atom stereocenters. The van der Waals surface area contributed by atoms with E-state index in [1.54, 1.807) is 48.6 Å². The summed E-state index contributed by atoms with van der Waals surface area (Å²) in [6, 6.07) is 13.2. The lowest BCUT2D eigenvalue weighted by molar-refractivity contribution is -0.125. The average Bonchev–Trinajstić information content (AvgIpc) is 2.74. The largest absolute Gasteiger partial charge is 0.394 e. The fraction of sp³-hybridized carbons (Fsp3) is 0.286. The van der Waals surface area contributed by atoms with Gasteiger partial charge in [-0.05, 0) is 18.2 Å². The molecule has 0 saturated heterocycles. The zero-order valence-corrected chi connectivity index (χ0v) is 16.9. The Morgan fingerprint density at radius 2 is 1.77 bits per heavy atom. The van der Waals surface area contributed by atoms with Gasteiger partial charge in [0.05, 0.1) is 30.1 Å². The topological polar surface area (TPSA) is 105 Å². The summed E-state index contributed by atoms with van der Waals surface area (Å²) in [5.74, 6) is -0.756. The van der Waals surface area contributed by atoms with Gasteiger partial charge >= 0.3 is 0 Å². The number of hydrogen-bond donors (Lipinski definition) is 3. The van der Waals surface area contributed by atoms with E-state index in [0.717, 1.165) is 0 Å². The zero-order chi connectivity index (χ0) is 21.6. The van der Waals surface area contributed by atoms with Gasteiger partial charge in [0.1, 0.15) is 11.9 Å². The highest BCUT2D eigenvalue weighted by Gasteiger charge is 2.31. The third kappa shape index (κ3) is 5.73. The number of benzene rings is 2. The van der Waals surface area contributed by atoms with Crippen LogP contribution < -0.4 is 10.0 Å². The average molecular weight is 434 g/mol. The minimum atomic E-state index is -3.79. The molecule has 1 aliphatic rings. The van der Waals surface area contributed by atoms with Crippen molar-refractivity contribution < 1.29 is 27.4 Å². The van der Waals surface area contributed by atoms with Gasteiger partial charge in [0.15, 0.2) is 0 Å². The second kappa shape index (κ2) is 9.94. The summed E-state index contributed by atoms with van der Waals surface area (Å²) in [5, 5.41) is 12.3. The molecule has 0 aromatic heterocycles. The first-order valence-electron chi connectivity index (χ1n) is 9.41. The standard InChI is InChI=1S/C21H23FN2O5S/c22-18-9-5-4-6-15(18)13-23-21(26)12-16-10-11-19(20(14-25)29-16)24-30(27,28)17-7-2-1-3-8-17/h1-11,16,19-20,24-25H,12-14H2,(H,23,26)/t16-,19-,20+/m0/s1. The first kappa shape index (κ1) is 22.1.